The van der Waals surface area contributed by atoms with Crippen molar-refractivity contribution in [1.82, 2.24) is 4.90 Å². The fourth-order valence-corrected chi connectivity index (χ4v) is 4.24. The number of carbonyl (C=O) groups is 3. The number of amides is 1. The zero-order chi connectivity index (χ0) is 24.8. The third kappa shape index (κ3) is 5.41. The van der Waals surface area contributed by atoms with Gasteiger partial charge in [0.15, 0.2) is 11.5 Å². The van der Waals surface area contributed by atoms with E-state index in [0.29, 0.717) is 41.9 Å². The number of aliphatic hydroxyl groups excluding tert-OH is 1. The monoisotopic (exact) mass is 531 g/mol. The number of Topliss-reactive ketones (excluding diaryl/α,β-unsaturated/α-hetero) is 1. The molecule has 0 bridgehead atoms. The summed E-state index contributed by atoms with van der Waals surface area (Å²) in [5.74, 6) is -1.81. The summed E-state index contributed by atoms with van der Waals surface area (Å²) in [7, 11) is 2.96. The first-order valence-corrected chi connectivity index (χ1v) is 11.6. The molecule has 0 radical (unpaired) electrons. The second kappa shape index (κ2) is 11.2. The van der Waals surface area contributed by atoms with Crippen LogP contribution in [0.4, 0.5) is 0 Å². The Bertz CT molecular complexity index is 1110. The van der Waals surface area contributed by atoms with Crippen LogP contribution in [-0.4, -0.2) is 53.5 Å². The number of carboxylic acids is 1. The largest absolute Gasteiger partial charge is 0.507 e. The molecule has 1 aliphatic heterocycles. The number of rotatable bonds is 10. The van der Waals surface area contributed by atoms with Crippen LogP contribution in [0.15, 0.2) is 52.5 Å². The maximum absolute atomic E-state index is 13.1. The molecular formula is C25H26BrNO7. The minimum absolute atomic E-state index is 0.00919. The number of carbonyl (C=O) groups excluding carboxylic acids is 2. The zero-order valence-electron chi connectivity index (χ0n) is 18.9. The first-order valence-electron chi connectivity index (χ1n) is 10.8. The Balaban J connectivity index is 2.01. The van der Waals surface area contributed by atoms with Crippen molar-refractivity contribution in [3.05, 3.63) is 63.6 Å². The number of ether oxygens (including phenoxy) is 2. The van der Waals surface area contributed by atoms with Crippen LogP contribution < -0.4 is 9.47 Å². The molecule has 0 spiro atoms. The van der Waals surface area contributed by atoms with Crippen molar-refractivity contribution in [2.24, 2.45) is 0 Å². The van der Waals surface area contributed by atoms with Crippen LogP contribution in [-0.2, 0) is 14.4 Å². The quantitative estimate of drug-likeness (QED) is 0.200. The van der Waals surface area contributed by atoms with Gasteiger partial charge in [0.2, 0.25) is 0 Å². The molecule has 1 saturated heterocycles. The third-order valence-corrected chi connectivity index (χ3v) is 6.20. The molecule has 9 heteroatoms. The second-order valence-corrected chi connectivity index (χ2v) is 8.73. The van der Waals surface area contributed by atoms with Gasteiger partial charge in [-0.2, -0.15) is 0 Å². The average Bonchev–Trinajstić information content (AvgIpc) is 3.08. The lowest BCUT2D eigenvalue weighted by molar-refractivity contribution is -0.140. The van der Waals surface area contributed by atoms with Crippen LogP contribution in [0.5, 0.6) is 11.5 Å². The minimum atomic E-state index is -0.870. The molecule has 2 aromatic rings. The van der Waals surface area contributed by atoms with Gasteiger partial charge < -0.3 is 24.6 Å². The molecule has 2 N–H and O–H groups in total. The Hall–Kier alpha value is -3.33. The maximum atomic E-state index is 13.1. The van der Waals surface area contributed by atoms with E-state index in [4.69, 9.17) is 14.6 Å². The first kappa shape index (κ1) is 25.3. The molecule has 0 saturated carbocycles. The zero-order valence-corrected chi connectivity index (χ0v) is 20.5. The number of methoxy groups -OCH3 is 2. The van der Waals surface area contributed by atoms with Crippen LogP contribution in [0.1, 0.15) is 42.9 Å². The van der Waals surface area contributed by atoms with Crippen molar-refractivity contribution in [3.8, 4) is 11.5 Å². The van der Waals surface area contributed by atoms with E-state index in [1.807, 2.05) is 0 Å². The highest BCUT2D eigenvalue weighted by Gasteiger charge is 2.45. The van der Waals surface area contributed by atoms with E-state index >= 15 is 0 Å². The standard InChI is InChI=1S/C25H26BrNO7/c1-33-18-12-9-16(14-19(18)34-2)23(30)21-22(15-7-10-17(26)11-8-15)27(25(32)24(21)31)13-5-3-4-6-20(28)29/h7-12,14,22,30H,3-6,13H2,1-2H3,(H,28,29)/b23-21-. The highest BCUT2D eigenvalue weighted by molar-refractivity contribution is 9.10. The molecule has 34 heavy (non-hydrogen) atoms. The van der Waals surface area contributed by atoms with Gasteiger partial charge >= 0.3 is 5.97 Å². The van der Waals surface area contributed by atoms with Crippen LogP contribution >= 0.6 is 15.9 Å². The molecule has 1 amide bonds. The Labute approximate surface area is 205 Å². The summed E-state index contributed by atoms with van der Waals surface area (Å²) < 4.78 is 11.4. The third-order valence-electron chi connectivity index (χ3n) is 5.67. The van der Waals surface area contributed by atoms with Crippen molar-refractivity contribution in [3.63, 3.8) is 0 Å². The minimum Gasteiger partial charge on any atom is -0.507 e. The lowest BCUT2D eigenvalue weighted by Gasteiger charge is -2.25. The lowest BCUT2D eigenvalue weighted by Crippen LogP contribution is -2.30. The number of nitrogens with zero attached hydrogens (tertiary/aromatic N) is 1. The van der Waals surface area contributed by atoms with Gasteiger partial charge in [-0.05, 0) is 48.7 Å². The van der Waals surface area contributed by atoms with Crippen molar-refractivity contribution in [2.75, 3.05) is 20.8 Å². The molecule has 1 atom stereocenters. The smallest absolute Gasteiger partial charge is 0.303 e. The number of unbranched alkanes of at least 4 members (excludes halogenated alkanes) is 2. The van der Waals surface area contributed by atoms with Crippen molar-refractivity contribution >= 4 is 39.3 Å². The molecule has 8 nitrogen and oxygen atoms in total. The molecule has 0 aromatic heterocycles. The van der Waals surface area contributed by atoms with Gasteiger partial charge in [-0.3, -0.25) is 14.4 Å². The molecule has 1 unspecified atom stereocenters. The molecule has 3 rings (SSSR count). The molecule has 1 heterocycles. The number of likely N-dealkylation sites (tertiary alicyclic amines) is 1. The summed E-state index contributed by atoms with van der Waals surface area (Å²) >= 11 is 3.39. The second-order valence-electron chi connectivity index (χ2n) is 7.82. The Morgan fingerprint density at radius 2 is 1.65 bits per heavy atom. The Kier molecular flexibility index (Phi) is 8.33. The number of aliphatic carboxylic acids is 1. The molecular weight excluding hydrogens is 506 g/mol. The number of benzene rings is 2. The van der Waals surface area contributed by atoms with E-state index in [0.717, 1.165) is 4.47 Å². The summed E-state index contributed by atoms with van der Waals surface area (Å²) in [5.41, 5.74) is 0.985. The van der Waals surface area contributed by atoms with Gasteiger partial charge in [-0.1, -0.05) is 34.5 Å². The van der Waals surface area contributed by atoms with E-state index in [9.17, 15) is 19.5 Å². The van der Waals surface area contributed by atoms with E-state index in [-0.39, 0.29) is 24.3 Å². The molecule has 0 aliphatic carbocycles. The highest BCUT2D eigenvalue weighted by Crippen LogP contribution is 2.41. The van der Waals surface area contributed by atoms with Gasteiger partial charge in [0.1, 0.15) is 5.76 Å². The van der Waals surface area contributed by atoms with E-state index in [1.54, 1.807) is 42.5 Å². The summed E-state index contributed by atoms with van der Waals surface area (Å²) in [4.78, 5) is 38.3. The SMILES string of the molecule is COc1ccc(/C(O)=C2/C(=O)C(=O)N(CCCCCC(=O)O)C2c2ccc(Br)cc2)cc1OC. The number of carboxylic acid groups (broad SMARTS) is 1. The summed E-state index contributed by atoms with van der Waals surface area (Å²) in [6.07, 6.45) is 1.66. The number of hydrogen-bond acceptors (Lipinski definition) is 6. The normalized spacial score (nSPS) is 17.1. The topological polar surface area (TPSA) is 113 Å². The van der Waals surface area contributed by atoms with E-state index in [1.165, 1.54) is 19.1 Å². The van der Waals surface area contributed by atoms with Crippen LogP contribution in [0.25, 0.3) is 5.76 Å². The Morgan fingerprint density at radius 3 is 2.26 bits per heavy atom. The molecule has 1 fully saturated rings. The fourth-order valence-electron chi connectivity index (χ4n) is 3.98. The lowest BCUT2D eigenvalue weighted by atomic mass is 9.95. The predicted molar refractivity (Wildman–Crippen MR) is 129 cm³/mol. The number of halogens is 1. The Morgan fingerprint density at radius 1 is 0.971 bits per heavy atom. The van der Waals surface area contributed by atoms with Gasteiger partial charge in [0.25, 0.3) is 11.7 Å². The summed E-state index contributed by atoms with van der Waals surface area (Å²) in [5, 5.41) is 20.0. The van der Waals surface area contributed by atoms with Crippen LogP contribution in [0, 0.1) is 0 Å². The van der Waals surface area contributed by atoms with Gasteiger partial charge in [-0.25, -0.2) is 0 Å². The van der Waals surface area contributed by atoms with Gasteiger partial charge in [0, 0.05) is 23.0 Å². The number of ketones is 1. The van der Waals surface area contributed by atoms with Crippen molar-refractivity contribution in [1.29, 1.82) is 0 Å². The predicted octanol–water partition coefficient (Wildman–Crippen LogP) is 4.53. The number of aliphatic hydroxyl groups is 1. The van der Waals surface area contributed by atoms with Gasteiger partial charge in [0.05, 0.1) is 25.8 Å². The molecule has 1 aliphatic rings. The number of hydrogen-bond donors (Lipinski definition) is 2. The average molecular weight is 532 g/mol. The van der Waals surface area contributed by atoms with Crippen LogP contribution in [0.2, 0.25) is 0 Å². The summed E-state index contributed by atoms with van der Waals surface area (Å²) in [6, 6.07) is 11.2. The van der Waals surface area contributed by atoms with Crippen molar-refractivity contribution < 1.29 is 34.1 Å². The molecule has 2 aromatic carbocycles. The maximum Gasteiger partial charge on any atom is 0.303 e. The van der Waals surface area contributed by atoms with Crippen molar-refractivity contribution in [2.45, 2.75) is 31.7 Å². The summed E-state index contributed by atoms with van der Waals surface area (Å²) in [6.45, 7) is 0.258. The van der Waals surface area contributed by atoms with Gasteiger partial charge in [-0.15, -0.1) is 0 Å². The van der Waals surface area contributed by atoms with E-state index < -0.39 is 23.7 Å². The first-order chi connectivity index (χ1) is 16.3. The molecule has 180 valence electrons. The highest BCUT2D eigenvalue weighted by atomic mass is 79.9. The van der Waals surface area contributed by atoms with Crippen LogP contribution in [0.3, 0.4) is 0 Å². The fraction of sp³-hybridized carbons (Fsp3) is 0.320. The van der Waals surface area contributed by atoms with E-state index in [2.05, 4.69) is 15.9 Å².